The fourth-order valence-electron chi connectivity index (χ4n) is 3.23. The molecule has 0 aliphatic heterocycles. The van der Waals surface area contributed by atoms with Gasteiger partial charge in [-0.05, 0) is 67.4 Å². The summed E-state index contributed by atoms with van der Waals surface area (Å²) < 4.78 is 14.7. The zero-order chi connectivity index (χ0) is 21.3. The van der Waals surface area contributed by atoms with Crippen LogP contribution in [0.4, 0.5) is 4.39 Å². The number of aromatic nitrogens is 2. The van der Waals surface area contributed by atoms with Gasteiger partial charge in [-0.15, -0.1) is 0 Å². The molecule has 0 amide bonds. The average molecular weight is 418 g/mol. The molecule has 0 aliphatic rings. The molecule has 30 heavy (non-hydrogen) atoms. The molecular formula is C24H19FN2O2S. The maximum absolute atomic E-state index is 13.3. The lowest BCUT2D eigenvalue weighted by atomic mass is 10.1. The highest BCUT2D eigenvalue weighted by Crippen LogP contribution is 2.24. The van der Waals surface area contributed by atoms with Crippen LogP contribution in [0, 0.1) is 19.7 Å². The van der Waals surface area contributed by atoms with E-state index in [4.69, 9.17) is 0 Å². The molecule has 0 unspecified atom stereocenters. The highest BCUT2D eigenvalue weighted by molar-refractivity contribution is 7.99. The molecule has 1 aromatic heterocycles. The summed E-state index contributed by atoms with van der Waals surface area (Å²) in [5.74, 6) is -0.463. The fraction of sp³-hybridized carbons (Fsp3) is 0.125. The Bertz CT molecular complexity index is 1310. The minimum Gasteiger partial charge on any atom is -0.293 e. The molecule has 0 aliphatic carbocycles. The minimum absolute atomic E-state index is 0.0846. The molecule has 0 radical (unpaired) electrons. The number of carbonyl (C=O) groups excluding carboxylic acids is 1. The molecule has 4 rings (SSSR count). The maximum Gasteiger partial charge on any atom is 0.266 e. The third-order valence-corrected chi connectivity index (χ3v) is 5.79. The third-order valence-electron chi connectivity index (χ3n) is 4.85. The number of aryl methyl sites for hydroxylation is 2. The van der Waals surface area contributed by atoms with Crippen LogP contribution in [-0.2, 0) is 0 Å². The van der Waals surface area contributed by atoms with Crippen LogP contribution in [0.15, 0.2) is 76.7 Å². The van der Waals surface area contributed by atoms with Gasteiger partial charge in [0.1, 0.15) is 5.82 Å². The summed E-state index contributed by atoms with van der Waals surface area (Å²) in [5, 5.41) is 0.968. The summed E-state index contributed by atoms with van der Waals surface area (Å²) in [4.78, 5) is 30.6. The molecule has 1 heterocycles. The Morgan fingerprint density at radius 3 is 2.53 bits per heavy atom. The van der Waals surface area contributed by atoms with Gasteiger partial charge < -0.3 is 0 Å². The van der Waals surface area contributed by atoms with Crippen LogP contribution >= 0.6 is 11.8 Å². The molecule has 0 bridgehead atoms. The predicted octanol–water partition coefficient (Wildman–Crippen LogP) is 5.12. The number of thioether (sulfide) groups is 1. The van der Waals surface area contributed by atoms with Crippen molar-refractivity contribution in [2.75, 3.05) is 5.75 Å². The summed E-state index contributed by atoms with van der Waals surface area (Å²) in [6, 6.07) is 18.5. The Morgan fingerprint density at radius 2 is 1.77 bits per heavy atom. The van der Waals surface area contributed by atoms with Crippen molar-refractivity contribution in [2.45, 2.75) is 19.0 Å². The second-order valence-corrected chi connectivity index (χ2v) is 8.00. The molecule has 4 aromatic rings. The van der Waals surface area contributed by atoms with E-state index in [1.54, 1.807) is 16.7 Å². The highest BCUT2D eigenvalue weighted by atomic mass is 32.2. The van der Waals surface area contributed by atoms with Gasteiger partial charge in [-0.1, -0.05) is 36.0 Å². The standard InChI is InChI=1S/C24H19FN2O2S/c1-15-7-8-16(2)21(13-15)27-23(29)19-5-3-4-6-20(19)26-24(27)30-14-22(28)17-9-11-18(25)12-10-17/h3-13H,14H2,1-2H3. The van der Waals surface area contributed by atoms with E-state index in [1.165, 1.54) is 36.0 Å². The minimum atomic E-state index is -0.390. The van der Waals surface area contributed by atoms with Crippen molar-refractivity contribution in [1.29, 1.82) is 0 Å². The van der Waals surface area contributed by atoms with E-state index in [-0.39, 0.29) is 22.9 Å². The van der Waals surface area contributed by atoms with Crippen molar-refractivity contribution in [3.05, 3.63) is 99.6 Å². The SMILES string of the molecule is Cc1ccc(C)c(-n2c(SCC(=O)c3ccc(F)cc3)nc3ccccc3c2=O)c1. The lowest BCUT2D eigenvalue weighted by molar-refractivity contribution is 0.102. The van der Waals surface area contributed by atoms with Gasteiger partial charge in [-0.2, -0.15) is 0 Å². The third kappa shape index (κ3) is 3.91. The van der Waals surface area contributed by atoms with Crippen LogP contribution < -0.4 is 5.56 Å². The molecule has 0 saturated heterocycles. The van der Waals surface area contributed by atoms with Gasteiger partial charge in [0.15, 0.2) is 10.9 Å². The van der Waals surface area contributed by atoms with Crippen LogP contribution in [0.3, 0.4) is 0 Å². The van der Waals surface area contributed by atoms with E-state index in [0.29, 0.717) is 21.6 Å². The first-order valence-corrected chi connectivity index (χ1v) is 10.4. The number of Topliss-reactive ketones (excluding diaryl/α,β-unsaturated/α-hetero) is 1. The average Bonchev–Trinajstić information content (AvgIpc) is 2.74. The Kier molecular flexibility index (Phi) is 5.50. The van der Waals surface area contributed by atoms with Gasteiger partial charge >= 0.3 is 0 Å². The zero-order valence-electron chi connectivity index (χ0n) is 16.6. The number of halogens is 1. The Hall–Kier alpha value is -3.25. The first kappa shape index (κ1) is 20.0. The number of carbonyl (C=O) groups is 1. The van der Waals surface area contributed by atoms with Crippen molar-refractivity contribution in [2.24, 2.45) is 0 Å². The fourth-order valence-corrected chi connectivity index (χ4v) is 4.13. The van der Waals surface area contributed by atoms with E-state index in [0.717, 1.165) is 16.8 Å². The molecule has 3 aromatic carbocycles. The topological polar surface area (TPSA) is 52.0 Å². The van der Waals surface area contributed by atoms with E-state index in [2.05, 4.69) is 4.98 Å². The summed E-state index contributed by atoms with van der Waals surface area (Å²) >= 11 is 1.20. The summed E-state index contributed by atoms with van der Waals surface area (Å²) in [6.07, 6.45) is 0. The normalized spacial score (nSPS) is 11.0. The van der Waals surface area contributed by atoms with Gasteiger partial charge in [0.25, 0.3) is 5.56 Å². The van der Waals surface area contributed by atoms with Gasteiger partial charge in [0.05, 0.1) is 22.3 Å². The van der Waals surface area contributed by atoms with Gasteiger partial charge in [-0.25, -0.2) is 9.37 Å². The van der Waals surface area contributed by atoms with Crippen LogP contribution in [0.2, 0.25) is 0 Å². The van der Waals surface area contributed by atoms with Gasteiger partial charge in [0, 0.05) is 5.56 Å². The summed E-state index contributed by atoms with van der Waals surface area (Å²) in [6.45, 7) is 3.90. The van der Waals surface area contributed by atoms with Crippen molar-refractivity contribution < 1.29 is 9.18 Å². The van der Waals surface area contributed by atoms with E-state index < -0.39 is 0 Å². The van der Waals surface area contributed by atoms with E-state index in [9.17, 15) is 14.0 Å². The Labute approximate surface area is 177 Å². The van der Waals surface area contributed by atoms with Gasteiger partial charge in [0.2, 0.25) is 0 Å². The lowest BCUT2D eigenvalue weighted by Crippen LogP contribution is -2.23. The molecule has 0 saturated carbocycles. The van der Waals surface area contributed by atoms with Crippen molar-refractivity contribution in [3.8, 4) is 5.69 Å². The summed E-state index contributed by atoms with van der Waals surface area (Å²) in [5.41, 5.74) is 3.53. The van der Waals surface area contributed by atoms with E-state index >= 15 is 0 Å². The van der Waals surface area contributed by atoms with Crippen molar-refractivity contribution in [1.82, 2.24) is 9.55 Å². The summed E-state index contributed by atoms with van der Waals surface area (Å²) in [7, 11) is 0. The Balaban J connectivity index is 1.80. The first-order chi connectivity index (χ1) is 14.4. The number of ketones is 1. The second-order valence-electron chi connectivity index (χ2n) is 7.06. The molecular weight excluding hydrogens is 399 g/mol. The monoisotopic (exact) mass is 418 g/mol. The number of rotatable bonds is 5. The number of hydrogen-bond donors (Lipinski definition) is 0. The van der Waals surface area contributed by atoms with E-state index in [1.807, 2.05) is 44.2 Å². The number of hydrogen-bond acceptors (Lipinski definition) is 4. The lowest BCUT2D eigenvalue weighted by Gasteiger charge is -2.15. The first-order valence-electron chi connectivity index (χ1n) is 9.45. The van der Waals surface area contributed by atoms with Crippen LogP contribution in [0.5, 0.6) is 0 Å². The number of nitrogens with zero attached hydrogens (tertiary/aromatic N) is 2. The smallest absolute Gasteiger partial charge is 0.266 e. The predicted molar refractivity (Wildman–Crippen MR) is 118 cm³/mol. The van der Waals surface area contributed by atoms with Crippen molar-refractivity contribution in [3.63, 3.8) is 0 Å². The molecule has 150 valence electrons. The molecule has 0 N–H and O–H groups in total. The molecule has 6 heteroatoms. The molecule has 0 fully saturated rings. The Morgan fingerprint density at radius 1 is 1.03 bits per heavy atom. The number of fused-ring (bicyclic) bond motifs is 1. The second kappa shape index (κ2) is 8.24. The van der Waals surface area contributed by atoms with Gasteiger partial charge in [-0.3, -0.25) is 14.2 Å². The quantitative estimate of drug-likeness (QED) is 0.257. The van der Waals surface area contributed by atoms with Crippen LogP contribution in [0.25, 0.3) is 16.6 Å². The largest absolute Gasteiger partial charge is 0.293 e. The van der Waals surface area contributed by atoms with Crippen molar-refractivity contribution >= 4 is 28.4 Å². The van der Waals surface area contributed by atoms with Crippen LogP contribution in [0.1, 0.15) is 21.5 Å². The zero-order valence-corrected chi connectivity index (χ0v) is 17.4. The number of benzene rings is 3. The molecule has 4 nitrogen and oxygen atoms in total. The maximum atomic E-state index is 13.3. The highest BCUT2D eigenvalue weighted by Gasteiger charge is 2.17. The molecule has 0 atom stereocenters. The number of para-hydroxylation sites is 1. The van der Waals surface area contributed by atoms with Crippen LogP contribution in [-0.4, -0.2) is 21.1 Å². The molecule has 0 spiro atoms.